The van der Waals surface area contributed by atoms with Crippen LogP contribution < -0.4 is 5.73 Å². The molecule has 2 aromatic rings. The maximum atomic E-state index is 6.21. The van der Waals surface area contributed by atoms with E-state index in [9.17, 15) is 0 Å². The Balaban J connectivity index is 0.00000128. The third-order valence-corrected chi connectivity index (χ3v) is 2.75. The normalized spacial score (nSPS) is 12.8. The molecule has 1 atom stereocenters. The highest BCUT2D eigenvalue weighted by Gasteiger charge is 2.11. The Morgan fingerprint density at radius 3 is 2.69 bits per heavy atom. The first-order chi connectivity index (χ1) is 7.18. The van der Waals surface area contributed by atoms with Crippen molar-refractivity contribution in [3.63, 3.8) is 0 Å². The van der Waals surface area contributed by atoms with Gasteiger partial charge >= 0.3 is 0 Å². The first-order valence-corrected chi connectivity index (χ1v) is 5.50. The van der Waals surface area contributed by atoms with Crippen molar-refractivity contribution in [2.75, 3.05) is 0 Å². The Hall–Kier alpha value is -0.990. The second-order valence-electron chi connectivity index (χ2n) is 4.52. The van der Waals surface area contributed by atoms with Gasteiger partial charge in [0.25, 0.3) is 0 Å². The summed E-state index contributed by atoms with van der Waals surface area (Å²) < 4.78 is 0. The minimum atomic E-state index is 0. The number of aromatic amines is 1. The zero-order valence-electron chi connectivity index (χ0n) is 9.73. The number of H-pyrrole nitrogens is 1. The van der Waals surface area contributed by atoms with E-state index in [2.05, 4.69) is 43.1 Å². The monoisotopic (exact) mass is 238 g/mol. The molecule has 0 radical (unpaired) electrons. The molecule has 0 spiro atoms. The van der Waals surface area contributed by atoms with E-state index in [0.29, 0.717) is 5.92 Å². The van der Waals surface area contributed by atoms with Crippen molar-refractivity contribution < 1.29 is 0 Å². The van der Waals surface area contributed by atoms with Crippen LogP contribution in [0.2, 0.25) is 0 Å². The maximum Gasteiger partial charge on any atom is 0.0457 e. The van der Waals surface area contributed by atoms with Gasteiger partial charge in [-0.25, -0.2) is 0 Å². The Bertz CT molecular complexity index is 448. The molecule has 3 heteroatoms. The number of nitrogens with two attached hydrogens (primary N) is 1. The third-order valence-electron chi connectivity index (χ3n) is 2.75. The van der Waals surface area contributed by atoms with Crippen LogP contribution in [0.5, 0.6) is 0 Å². The predicted molar refractivity (Wildman–Crippen MR) is 71.9 cm³/mol. The molecule has 0 fully saturated rings. The maximum absolute atomic E-state index is 6.21. The zero-order chi connectivity index (χ0) is 10.8. The average molecular weight is 239 g/mol. The van der Waals surface area contributed by atoms with Crippen molar-refractivity contribution in [2.24, 2.45) is 11.7 Å². The number of fused-ring (bicyclic) bond motifs is 1. The number of rotatable bonds is 3. The molecule has 0 saturated heterocycles. The molecule has 88 valence electrons. The van der Waals surface area contributed by atoms with Crippen LogP contribution in [0, 0.1) is 5.92 Å². The van der Waals surface area contributed by atoms with Crippen LogP contribution in [0.1, 0.15) is 31.9 Å². The Kier molecular flexibility index (Phi) is 4.39. The quantitative estimate of drug-likeness (QED) is 0.843. The Morgan fingerprint density at radius 1 is 1.25 bits per heavy atom. The van der Waals surface area contributed by atoms with Crippen molar-refractivity contribution in [1.29, 1.82) is 0 Å². The van der Waals surface area contributed by atoms with Crippen LogP contribution in [0.4, 0.5) is 0 Å². The van der Waals surface area contributed by atoms with Gasteiger partial charge in [-0.2, -0.15) is 0 Å². The fraction of sp³-hybridized carbons (Fsp3) is 0.385. The van der Waals surface area contributed by atoms with Crippen LogP contribution in [-0.2, 0) is 0 Å². The lowest BCUT2D eigenvalue weighted by Crippen LogP contribution is -2.13. The van der Waals surface area contributed by atoms with Gasteiger partial charge in [0.05, 0.1) is 0 Å². The standard InChI is InChI=1S/C13H18N2.ClH/c1-9(2)8-12(14)10-4-3-5-13-11(10)6-7-15-13;/h3-7,9,12,15H,8,14H2,1-2H3;1H/t12-;/m1./s1. The molecule has 0 aliphatic rings. The fourth-order valence-electron chi connectivity index (χ4n) is 2.07. The van der Waals surface area contributed by atoms with E-state index in [1.54, 1.807) is 0 Å². The summed E-state index contributed by atoms with van der Waals surface area (Å²) in [7, 11) is 0. The molecule has 3 N–H and O–H groups in total. The molecule has 1 aromatic carbocycles. The molecule has 1 heterocycles. The second-order valence-corrected chi connectivity index (χ2v) is 4.52. The van der Waals surface area contributed by atoms with Crippen molar-refractivity contribution in [1.82, 2.24) is 4.98 Å². The van der Waals surface area contributed by atoms with E-state index in [1.807, 2.05) is 6.20 Å². The molecule has 0 amide bonds. The lowest BCUT2D eigenvalue weighted by molar-refractivity contribution is 0.512. The van der Waals surface area contributed by atoms with Crippen LogP contribution in [0.3, 0.4) is 0 Å². The van der Waals surface area contributed by atoms with E-state index in [4.69, 9.17) is 5.73 Å². The van der Waals surface area contributed by atoms with Gasteiger partial charge in [0.2, 0.25) is 0 Å². The number of aromatic nitrogens is 1. The van der Waals surface area contributed by atoms with E-state index in [0.717, 1.165) is 6.42 Å². The summed E-state index contributed by atoms with van der Waals surface area (Å²) in [5.74, 6) is 0.634. The average Bonchev–Trinajstić information content (AvgIpc) is 2.63. The first-order valence-electron chi connectivity index (χ1n) is 5.50. The van der Waals surface area contributed by atoms with Crippen LogP contribution in [0.15, 0.2) is 30.5 Å². The lowest BCUT2D eigenvalue weighted by Gasteiger charge is -2.15. The highest BCUT2D eigenvalue weighted by Crippen LogP contribution is 2.26. The molecule has 0 bridgehead atoms. The minimum Gasteiger partial charge on any atom is -0.361 e. The largest absolute Gasteiger partial charge is 0.361 e. The van der Waals surface area contributed by atoms with Gasteiger partial charge in [0, 0.05) is 23.1 Å². The first kappa shape index (κ1) is 13.1. The Labute approximate surface area is 103 Å². The molecular formula is C13H19ClN2. The van der Waals surface area contributed by atoms with Crippen molar-refractivity contribution >= 4 is 23.3 Å². The topological polar surface area (TPSA) is 41.8 Å². The van der Waals surface area contributed by atoms with Crippen LogP contribution in [0.25, 0.3) is 10.9 Å². The molecule has 2 nitrogen and oxygen atoms in total. The van der Waals surface area contributed by atoms with Gasteiger partial charge in [-0.05, 0) is 30.0 Å². The van der Waals surface area contributed by atoms with E-state index in [-0.39, 0.29) is 18.4 Å². The lowest BCUT2D eigenvalue weighted by atomic mass is 9.95. The third kappa shape index (κ3) is 2.57. The highest BCUT2D eigenvalue weighted by molar-refractivity contribution is 5.85. The molecule has 0 aliphatic carbocycles. The molecule has 2 rings (SSSR count). The molecule has 0 saturated carbocycles. The summed E-state index contributed by atoms with van der Waals surface area (Å²) in [6.45, 7) is 4.41. The van der Waals surface area contributed by atoms with E-state index >= 15 is 0 Å². The van der Waals surface area contributed by atoms with Gasteiger partial charge in [0.1, 0.15) is 0 Å². The number of halogens is 1. The number of hydrogen-bond donors (Lipinski definition) is 2. The summed E-state index contributed by atoms with van der Waals surface area (Å²) in [5, 5.41) is 1.26. The zero-order valence-corrected chi connectivity index (χ0v) is 10.6. The van der Waals surface area contributed by atoms with Gasteiger partial charge in [0.15, 0.2) is 0 Å². The summed E-state index contributed by atoms with van der Waals surface area (Å²) in [4.78, 5) is 3.21. The summed E-state index contributed by atoms with van der Waals surface area (Å²) in [6.07, 6.45) is 3.00. The summed E-state index contributed by atoms with van der Waals surface area (Å²) >= 11 is 0. The smallest absolute Gasteiger partial charge is 0.0457 e. The van der Waals surface area contributed by atoms with Gasteiger partial charge in [-0.3, -0.25) is 0 Å². The van der Waals surface area contributed by atoms with Crippen LogP contribution >= 0.6 is 12.4 Å². The number of hydrogen-bond acceptors (Lipinski definition) is 1. The number of nitrogens with one attached hydrogen (secondary N) is 1. The van der Waals surface area contributed by atoms with Gasteiger partial charge in [-0.15, -0.1) is 12.4 Å². The molecular weight excluding hydrogens is 220 g/mol. The van der Waals surface area contributed by atoms with Crippen molar-refractivity contribution in [3.8, 4) is 0 Å². The molecule has 0 unspecified atom stereocenters. The SMILES string of the molecule is CC(C)C[C@@H](N)c1cccc2[nH]ccc12.Cl. The van der Waals surface area contributed by atoms with Gasteiger partial charge in [-0.1, -0.05) is 26.0 Å². The summed E-state index contributed by atoms with van der Waals surface area (Å²) in [6, 6.07) is 8.52. The van der Waals surface area contributed by atoms with E-state index < -0.39 is 0 Å². The predicted octanol–water partition coefficient (Wildman–Crippen LogP) is 3.64. The molecule has 16 heavy (non-hydrogen) atoms. The molecule has 0 aliphatic heterocycles. The van der Waals surface area contributed by atoms with Crippen molar-refractivity contribution in [3.05, 3.63) is 36.0 Å². The second kappa shape index (κ2) is 5.37. The van der Waals surface area contributed by atoms with Crippen molar-refractivity contribution in [2.45, 2.75) is 26.3 Å². The molecule has 1 aromatic heterocycles. The number of benzene rings is 1. The van der Waals surface area contributed by atoms with E-state index in [1.165, 1.54) is 16.5 Å². The Morgan fingerprint density at radius 2 is 2.00 bits per heavy atom. The van der Waals surface area contributed by atoms with Gasteiger partial charge < -0.3 is 10.7 Å². The highest BCUT2D eigenvalue weighted by atomic mass is 35.5. The minimum absolute atomic E-state index is 0. The van der Waals surface area contributed by atoms with Crippen LogP contribution in [-0.4, -0.2) is 4.98 Å². The fourth-order valence-corrected chi connectivity index (χ4v) is 2.07. The summed E-state index contributed by atoms with van der Waals surface area (Å²) in [5.41, 5.74) is 8.63.